The molecule has 4 nitrogen and oxygen atoms in total. The Kier molecular flexibility index (Phi) is 4.66. The van der Waals surface area contributed by atoms with Gasteiger partial charge in [-0.25, -0.2) is 0 Å². The number of ether oxygens (including phenoxy) is 1. The fourth-order valence-corrected chi connectivity index (χ4v) is 5.66. The van der Waals surface area contributed by atoms with Gasteiger partial charge in [0.25, 0.3) is 0 Å². The summed E-state index contributed by atoms with van der Waals surface area (Å²) in [5.41, 5.74) is 6.56. The Balaban J connectivity index is 1.42. The molecule has 0 saturated carbocycles. The van der Waals surface area contributed by atoms with Crippen LogP contribution in [-0.4, -0.2) is 29.4 Å². The topological polar surface area (TPSA) is 37.6 Å². The molecule has 1 atom stereocenters. The van der Waals surface area contributed by atoms with Crippen LogP contribution in [-0.2, 0) is 19.3 Å². The van der Waals surface area contributed by atoms with Crippen molar-refractivity contribution in [3.05, 3.63) is 70.9 Å². The predicted molar refractivity (Wildman–Crippen MR) is 124 cm³/mol. The second-order valence-electron chi connectivity index (χ2n) is 9.32. The number of benzene rings is 2. The summed E-state index contributed by atoms with van der Waals surface area (Å²) in [6.45, 7) is 3.05. The summed E-state index contributed by atoms with van der Waals surface area (Å²) in [6, 6.07) is 14.9. The van der Waals surface area contributed by atoms with Gasteiger partial charge in [0.15, 0.2) is 0 Å². The number of rotatable bonds is 3. The van der Waals surface area contributed by atoms with Crippen molar-refractivity contribution in [1.29, 1.82) is 0 Å². The zero-order chi connectivity index (χ0) is 20.8. The fourth-order valence-electron chi connectivity index (χ4n) is 5.66. The molecule has 3 aromatic rings. The molecule has 2 aliphatic heterocycles. The van der Waals surface area contributed by atoms with Gasteiger partial charge >= 0.3 is 0 Å². The van der Waals surface area contributed by atoms with Gasteiger partial charge in [-0.1, -0.05) is 18.2 Å². The lowest BCUT2D eigenvalue weighted by atomic mass is 9.99. The Hall–Kier alpha value is -2.88. The molecule has 3 aliphatic rings. The number of hydrogen-bond acceptors (Lipinski definition) is 3. The minimum absolute atomic E-state index is 0.374. The van der Waals surface area contributed by atoms with Gasteiger partial charge < -0.3 is 14.7 Å². The molecule has 31 heavy (non-hydrogen) atoms. The highest BCUT2D eigenvalue weighted by atomic mass is 16.5. The summed E-state index contributed by atoms with van der Waals surface area (Å²) in [4.78, 5) is 2.56. The summed E-state index contributed by atoms with van der Waals surface area (Å²) < 4.78 is 8.58. The molecule has 0 spiro atoms. The van der Waals surface area contributed by atoms with Crippen LogP contribution < -0.4 is 9.64 Å². The smallest absolute Gasteiger partial charge is 0.146 e. The Labute approximate surface area is 184 Å². The molecule has 0 radical (unpaired) electrons. The molecule has 2 aromatic carbocycles. The van der Waals surface area contributed by atoms with Crippen molar-refractivity contribution < 1.29 is 9.84 Å². The second kappa shape index (κ2) is 7.67. The van der Waals surface area contributed by atoms with E-state index in [1.807, 2.05) is 12.1 Å². The summed E-state index contributed by atoms with van der Waals surface area (Å²) in [5, 5.41) is 9.91. The van der Waals surface area contributed by atoms with Crippen LogP contribution in [0.2, 0.25) is 0 Å². The molecule has 6 rings (SSSR count). The number of phenols is 1. The number of phenolic OH excluding ortho intramolecular Hbond substituents is 1. The molecule has 0 amide bonds. The lowest BCUT2D eigenvalue weighted by Gasteiger charge is -2.30. The molecule has 1 saturated heterocycles. The summed E-state index contributed by atoms with van der Waals surface area (Å²) in [5.74, 6) is 3.20. The van der Waals surface area contributed by atoms with E-state index in [-0.39, 0.29) is 0 Å². The number of para-hydroxylation sites is 1. The number of piperidine rings is 1. The second-order valence-corrected chi connectivity index (χ2v) is 9.32. The van der Waals surface area contributed by atoms with E-state index in [0.717, 1.165) is 51.1 Å². The van der Waals surface area contributed by atoms with Crippen molar-refractivity contribution in [2.75, 3.05) is 24.6 Å². The van der Waals surface area contributed by atoms with E-state index in [4.69, 9.17) is 4.74 Å². The third-order valence-corrected chi connectivity index (χ3v) is 7.27. The molecule has 0 bridgehead atoms. The molecule has 1 N–H and O–H groups in total. The normalized spacial score (nSPS) is 20.3. The molecular weight excluding hydrogens is 384 g/mol. The fraction of sp³-hybridized carbons (Fsp3) is 0.407. The van der Waals surface area contributed by atoms with Crippen molar-refractivity contribution in [3.63, 3.8) is 0 Å². The molecule has 1 aromatic heterocycles. The number of nitrogens with zero attached hydrogens (tertiary/aromatic N) is 2. The number of aromatic hydroxyl groups is 1. The van der Waals surface area contributed by atoms with Crippen molar-refractivity contribution in [1.82, 2.24) is 4.57 Å². The van der Waals surface area contributed by atoms with Crippen LogP contribution in [0.5, 0.6) is 11.5 Å². The minimum Gasteiger partial charge on any atom is -0.508 e. The van der Waals surface area contributed by atoms with Crippen LogP contribution in [0.25, 0.3) is 5.69 Å². The van der Waals surface area contributed by atoms with E-state index < -0.39 is 0 Å². The zero-order valence-electron chi connectivity index (χ0n) is 18.0. The van der Waals surface area contributed by atoms with Gasteiger partial charge in [0.05, 0.1) is 12.3 Å². The highest BCUT2D eigenvalue weighted by Crippen LogP contribution is 2.41. The van der Waals surface area contributed by atoms with Crippen LogP contribution in [0.1, 0.15) is 53.9 Å². The van der Waals surface area contributed by atoms with Crippen LogP contribution in [0.15, 0.2) is 48.7 Å². The first-order chi connectivity index (χ1) is 15.3. The highest BCUT2D eigenvalue weighted by Gasteiger charge is 2.28. The third-order valence-electron chi connectivity index (χ3n) is 7.27. The third kappa shape index (κ3) is 3.38. The van der Waals surface area contributed by atoms with Gasteiger partial charge in [0.1, 0.15) is 17.3 Å². The zero-order valence-corrected chi connectivity index (χ0v) is 18.0. The number of fused-ring (bicyclic) bond motifs is 2. The van der Waals surface area contributed by atoms with E-state index in [1.165, 1.54) is 53.0 Å². The maximum Gasteiger partial charge on any atom is 0.146 e. The van der Waals surface area contributed by atoms with E-state index in [1.54, 1.807) is 0 Å². The Morgan fingerprint density at radius 2 is 1.74 bits per heavy atom. The van der Waals surface area contributed by atoms with Crippen LogP contribution in [0.4, 0.5) is 5.82 Å². The van der Waals surface area contributed by atoms with Crippen molar-refractivity contribution in [2.24, 2.45) is 0 Å². The summed E-state index contributed by atoms with van der Waals surface area (Å²) >= 11 is 0. The lowest BCUT2D eigenvalue weighted by Crippen LogP contribution is -2.31. The van der Waals surface area contributed by atoms with Crippen LogP contribution in [0, 0.1) is 0 Å². The average molecular weight is 415 g/mol. The molecule has 1 aliphatic carbocycles. The largest absolute Gasteiger partial charge is 0.508 e. The number of anilines is 1. The molecule has 3 heterocycles. The first-order valence-electron chi connectivity index (χ1n) is 11.8. The quantitative estimate of drug-likeness (QED) is 0.625. The monoisotopic (exact) mass is 414 g/mol. The highest BCUT2D eigenvalue weighted by molar-refractivity contribution is 5.60. The lowest BCUT2D eigenvalue weighted by molar-refractivity contribution is 0.287. The molecule has 4 heteroatoms. The first kappa shape index (κ1) is 18.9. The van der Waals surface area contributed by atoms with Crippen molar-refractivity contribution in [3.8, 4) is 17.2 Å². The van der Waals surface area contributed by atoms with E-state index >= 15 is 0 Å². The van der Waals surface area contributed by atoms with Gasteiger partial charge in [-0.15, -0.1) is 0 Å². The maximum atomic E-state index is 9.91. The standard InChI is InChI=1S/C27H30N2O2/c30-24-10-9-20-14-21(15-22(20)16-24)23-17-26(28-11-2-1-3-12-28)29(18-23)25-8-4-6-19-7-5-13-31-27(19)25/h4,6,8-10,16-18,21,30H,1-3,5,7,11-15H2. The Morgan fingerprint density at radius 1 is 0.871 bits per heavy atom. The van der Waals surface area contributed by atoms with Gasteiger partial charge in [-0.2, -0.15) is 0 Å². The Morgan fingerprint density at radius 3 is 2.65 bits per heavy atom. The van der Waals surface area contributed by atoms with Crippen LogP contribution in [0.3, 0.4) is 0 Å². The number of hydrogen-bond donors (Lipinski definition) is 1. The van der Waals surface area contributed by atoms with Gasteiger partial charge in [0, 0.05) is 19.3 Å². The molecule has 160 valence electrons. The Bertz CT molecular complexity index is 1110. The van der Waals surface area contributed by atoms with Crippen LogP contribution >= 0.6 is 0 Å². The van der Waals surface area contributed by atoms with E-state index in [9.17, 15) is 5.11 Å². The number of aryl methyl sites for hydroxylation is 1. The van der Waals surface area contributed by atoms with Gasteiger partial charge in [-0.3, -0.25) is 4.57 Å². The van der Waals surface area contributed by atoms with Crippen molar-refractivity contribution >= 4 is 5.82 Å². The summed E-state index contributed by atoms with van der Waals surface area (Å²) in [6.07, 6.45) is 10.4. The van der Waals surface area contributed by atoms with Gasteiger partial charge in [0.2, 0.25) is 0 Å². The SMILES string of the molecule is Oc1ccc2c(c1)CC(c1cc(N3CCCCC3)n(-c3cccc4c3OCCC4)c1)C2. The minimum atomic E-state index is 0.374. The van der Waals surface area contributed by atoms with E-state index in [2.05, 4.69) is 46.0 Å². The molecule has 1 fully saturated rings. The first-order valence-corrected chi connectivity index (χ1v) is 11.8. The van der Waals surface area contributed by atoms with E-state index in [0.29, 0.717) is 11.7 Å². The molecule has 1 unspecified atom stereocenters. The molecular formula is C27H30N2O2. The summed E-state index contributed by atoms with van der Waals surface area (Å²) in [7, 11) is 0. The number of aromatic nitrogens is 1. The van der Waals surface area contributed by atoms with Gasteiger partial charge in [-0.05, 0) is 97.4 Å². The average Bonchev–Trinajstić information content (AvgIpc) is 3.43. The predicted octanol–water partition coefficient (Wildman–Crippen LogP) is 5.38. The maximum absolute atomic E-state index is 9.91. The van der Waals surface area contributed by atoms with Crippen molar-refractivity contribution in [2.45, 2.75) is 50.9 Å².